The van der Waals surface area contributed by atoms with Crippen molar-refractivity contribution in [3.63, 3.8) is 0 Å². The third-order valence-corrected chi connectivity index (χ3v) is 2.01. The fraction of sp³-hybridized carbons (Fsp3) is 0.300. The summed E-state index contributed by atoms with van der Waals surface area (Å²) < 4.78 is 18.3. The molecule has 88 valence electrons. The van der Waals surface area contributed by atoms with Crippen LogP contribution in [0.5, 0.6) is 5.75 Å². The molecule has 0 aliphatic rings. The van der Waals surface area contributed by atoms with E-state index in [1.54, 1.807) is 0 Å². The Balaban J connectivity index is 2.75. The summed E-state index contributed by atoms with van der Waals surface area (Å²) in [5.74, 6) is -0.568. The van der Waals surface area contributed by atoms with Gasteiger partial charge in [-0.05, 0) is 0 Å². The van der Waals surface area contributed by atoms with Crippen molar-refractivity contribution in [2.75, 3.05) is 24.7 Å². The van der Waals surface area contributed by atoms with Crippen LogP contribution in [0.2, 0.25) is 0 Å². The smallest absolute Gasteiger partial charge is 0.219 e. The minimum Gasteiger partial charge on any atom is -0.495 e. The number of nitrogen functional groups attached to an aromatic ring is 1. The van der Waals surface area contributed by atoms with Crippen molar-refractivity contribution in [1.82, 2.24) is 0 Å². The molecule has 1 amide bonds. The van der Waals surface area contributed by atoms with Gasteiger partial charge in [0.25, 0.3) is 0 Å². The maximum atomic E-state index is 13.4. The summed E-state index contributed by atoms with van der Waals surface area (Å²) in [4.78, 5) is 10.5. The van der Waals surface area contributed by atoms with Crippen molar-refractivity contribution in [3.05, 3.63) is 17.9 Å². The second-order valence-corrected chi connectivity index (χ2v) is 3.22. The number of carbonyl (C=O) groups is 1. The largest absolute Gasteiger partial charge is 0.495 e. The number of rotatable bonds is 5. The summed E-state index contributed by atoms with van der Waals surface area (Å²) in [6.45, 7) is 0.263. The number of hydrogen-bond acceptors (Lipinski definition) is 4. The molecule has 0 radical (unpaired) electrons. The molecule has 0 bridgehead atoms. The Labute approximate surface area is 92.6 Å². The number of halogens is 1. The van der Waals surface area contributed by atoms with Gasteiger partial charge in [0.1, 0.15) is 11.6 Å². The zero-order valence-electron chi connectivity index (χ0n) is 8.92. The number of hydrogen-bond donors (Lipinski definition) is 3. The van der Waals surface area contributed by atoms with Gasteiger partial charge in [0.05, 0.1) is 18.5 Å². The summed E-state index contributed by atoms with van der Waals surface area (Å²) in [7, 11) is 1.44. The van der Waals surface area contributed by atoms with E-state index in [9.17, 15) is 9.18 Å². The van der Waals surface area contributed by atoms with Gasteiger partial charge in [-0.1, -0.05) is 0 Å². The Morgan fingerprint density at radius 2 is 2.25 bits per heavy atom. The van der Waals surface area contributed by atoms with E-state index in [-0.39, 0.29) is 24.3 Å². The van der Waals surface area contributed by atoms with Gasteiger partial charge in [0.15, 0.2) is 0 Å². The lowest BCUT2D eigenvalue weighted by Crippen LogP contribution is -2.16. The molecular formula is C10H14FN3O2. The minimum absolute atomic E-state index is 0.131. The highest BCUT2D eigenvalue weighted by Crippen LogP contribution is 2.27. The highest BCUT2D eigenvalue weighted by atomic mass is 19.1. The first kappa shape index (κ1) is 12.1. The van der Waals surface area contributed by atoms with E-state index >= 15 is 0 Å². The fourth-order valence-electron chi connectivity index (χ4n) is 1.20. The molecule has 5 nitrogen and oxygen atoms in total. The quantitative estimate of drug-likeness (QED) is 0.646. The first-order valence-corrected chi connectivity index (χ1v) is 4.69. The van der Waals surface area contributed by atoms with Gasteiger partial charge in [0, 0.05) is 25.1 Å². The maximum Gasteiger partial charge on any atom is 0.219 e. The maximum absolute atomic E-state index is 13.4. The molecule has 1 aromatic rings. The zero-order valence-corrected chi connectivity index (χ0v) is 8.92. The van der Waals surface area contributed by atoms with Crippen LogP contribution >= 0.6 is 0 Å². The van der Waals surface area contributed by atoms with Crippen LogP contribution in [0, 0.1) is 5.82 Å². The van der Waals surface area contributed by atoms with Crippen molar-refractivity contribution in [2.24, 2.45) is 5.73 Å². The summed E-state index contributed by atoms with van der Waals surface area (Å²) in [6, 6.07) is 2.59. The molecule has 0 unspecified atom stereocenters. The average molecular weight is 227 g/mol. The average Bonchev–Trinajstić information content (AvgIpc) is 2.20. The van der Waals surface area contributed by atoms with Gasteiger partial charge in [-0.25, -0.2) is 4.39 Å². The SMILES string of the molecule is COc1cc(NCCC(N)=O)c(F)cc1N. The van der Waals surface area contributed by atoms with Gasteiger partial charge in [-0.15, -0.1) is 0 Å². The topological polar surface area (TPSA) is 90.4 Å². The number of anilines is 2. The fourth-order valence-corrected chi connectivity index (χ4v) is 1.20. The molecule has 0 fully saturated rings. The van der Waals surface area contributed by atoms with Crippen LogP contribution in [0.1, 0.15) is 6.42 Å². The molecule has 0 saturated carbocycles. The lowest BCUT2D eigenvalue weighted by Gasteiger charge is -2.10. The molecule has 0 spiro atoms. The highest BCUT2D eigenvalue weighted by molar-refractivity contribution is 5.74. The molecule has 0 atom stereocenters. The van der Waals surface area contributed by atoms with E-state index in [0.29, 0.717) is 5.75 Å². The second-order valence-electron chi connectivity index (χ2n) is 3.22. The Hall–Kier alpha value is -1.98. The summed E-state index contributed by atoms with van der Waals surface area (Å²) >= 11 is 0. The highest BCUT2D eigenvalue weighted by Gasteiger charge is 2.08. The van der Waals surface area contributed by atoms with E-state index in [1.807, 2.05) is 0 Å². The summed E-state index contributed by atoms with van der Waals surface area (Å²) in [6.07, 6.45) is 0.131. The molecule has 0 aliphatic heterocycles. The predicted molar refractivity (Wildman–Crippen MR) is 59.7 cm³/mol. The van der Waals surface area contributed by atoms with Crippen LogP contribution < -0.4 is 21.5 Å². The van der Waals surface area contributed by atoms with Crippen LogP contribution in [0.4, 0.5) is 15.8 Å². The monoisotopic (exact) mass is 227 g/mol. The minimum atomic E-state index is -0.497. The van der Waals surface area contributed by atoms with E-state index < -0.39 is 11.7 Å². The molecule has 6 heteroatoms. The summed E-state index contributed by atoms with van der Waals surface area (Å²) in [5, 5.41) is 2.73. The number of benzene rings is 1. The van der Waals surface area contributed by atoms with Crippen LogP contribution in [-0.4, -0.2) is 19.6 Å². The van der Waals surface area contributed by atoms with Crippen molar-refractivity contribution in [3.8, 4) is 5.75 Å². The lowest BCUT2D eigenvalue weighted by atomic mass is 10.2. The van der Waals surface area contributed by atoms with Gasteiger partial charge in [-0.2, -0.15) is 0 Å². The molecule has 0 aliphatic carbocycles. The number of nitrogens with one attached hydrogen (secondary N) is 1. The van der Waals surface area contributed by atoms with Crippen molar-refractivity contribution in [1.29, 1.82) is 0 Å². The number of primary amides is 1. The Morgan fingerprint density at radius 1 is 1.56 bits per heavy atom. The number of methoxy groups -OCH3 is 1. The molecule has 1 rings (SSSR count). The second kappa shape index (κ2) is 5.20. The Morgan fingerprint density at radius 3 is 2.81 bits per heavy atom. The summed E-state index contributed by atoms with van der Waals surface area (Å²) in [5.41, 5.74) is 10.9. The number of amides is 1. The molecule has 0 heterocycles. The predicted octanol–water partition coefficient (Wildman–Crippen LogP) is 0.704. The van der Waals surface area contributed by atoms with Gasteiger partial charge in [0.2, 0.25) is 5.91 Å². The molecule has 1 aromatic carbocycles. The molecule has 0 saturated heterocycles. The van der Waals surface area contributed by atoms with Crippen molar-refractivity contribution >= 4 is 17.3 Å². The third kappa shape index (κ3) is 3.01. The normalized spacial score (nSPS) is 9.88. The molecular weight excluding hydrogens is 213 g/mol. The van der Waals surface area contributed by atoms with Crippen LogP contribution in [0.15, 0.2) is 12.1 Å². The Kier molecular flexibility index (Phi) is 3.93. The van der Waals surface area contributed by atoms with Gasteiger partial charge >= 0.3 is 0 Å². The van der Waals surface area contributed by atoms with Gasteiger partial charge in [-0.3, -0.25) is 4.79 Å². The first-order chi connectivity index (χ1) is 7.54. The van der Waals surface area contributed by atoms with E-state index in [0.717, 1.165) is 6.07 Å². The lowest BCUT2D eigenvalue weighted by molar-refractivity contribution is -0.117. The van der Waals surface area contributed by atoms with E-state index in [2.05, 4.69) is 5.32 Å². The van der Waals surface area contributed by atoms with E-state index in [1.165, 1.54) is 13.2 Å². The van der Waals surface area contributed by atoms with Crippen LogP contribution in [0.25, 0.3) is 0 Å². The number of carbonyl (C=O) groups excluding carboxylic acids is 1. The van der Waals surface area contributed by atoms with Crippen LogP contribution in [-0.2, 0) is 4.79 Å². The van der Waals surface area contributed by atoms with Gasteiger partial charge < -0.3 is 21.5 Å². The van der Waals surface area contributed by atoms with Crippen LogP contribution in [0.3, 0.4) is 0 Å². The third-order valence-electron chi connectivity index (χ3n) is 2.01. The first-order valence-electron chi connectivity index (χ1n) is 4.69. The zero-order chi connectivity index (χ0) is 12.1. The molecule has 16 heavy (non-hydrogen) atoms. The molecule has 0 aromatic heterocycles. The standard InChI is InChI=1S/C10H14FN3O2/c1-16-9-5-8(6(11)4-7(9)12)14-3-2-10(13)15/h4-5,14H,2-3,12H2,1H3,(H2,13,15). The number of ether oxygens (including phenoxy) is 1. The van der Waals surface area contributed by atoms with Crippen molar-refractivity contribution in [2.45, 2.75) is 6.42 Å². The van der Waals surface area contributed by atoms with Crippen molar-refractivity contribution < 1.29 is 13.9 Å². The Bertz CT molecular complexity index is 396. The number of nitrogens with two attached hydrogens (primary N) is 2. The molecule has 5 N–H and O–H groups in total. The van der Waals surface area contributed by atoms with E-state index in [4.69, 9.17) is 16.2 Å².